The Labute approximate surface area is 204 Å². The van der Waals surface area contributed by atoms with Crippen LogP contribution >= 0.6 is 0 Å². The van der Waals surface area contributed by atoms with Crippen LogP contribution in [0.5, 0.6) is 5.75 Å². The first-order valence-electron chi connectivity index (χ1n) is 11.2. The average molecular weight is 513 g/mol. The maximum Gasteiger partial charge on any atom is 0.410 e. The number of anilines is 1. The third-order valence-electron chi connectivity index (χ3n) is 6.34. The Kier molecular flexibility index (Phi) is 6.04. The van der Waals surface area contributed by atoms with Crippen LogP contribution in [-0.4, -0.2) is 81.2 Å². The van der Waals surface area contributed by atoms with Crippen LogP contribution in [-0.2, 0) is 19.1 Å². The van der Waals surface area contributed by atoms with Crippen molar-refractivity contribution in [3.05, 3.63) is 18.3 Å². The number of likely N-dealkylation sites (tertiary alicyclic amines) is 2. The van der Waals surface area contributed by atoms with Crippen LogP contribution in [0.3, 0.4) is 0 Å². The minimum atomic E-state index is -4.67. The minimum absolute atomic E-state index is 0.147. The third-order valence-corrected chi connectivity index (χ3v) is 6.34. The summed E-state index contributed by atoms with van der Waals surface area (Å²) in [5.41, 5.74) is 2.77. The molecule has 3 N–H and O–H groups in total. The Morgan fingerprint density at radius 3 is 2.53 bits per heavy atom. The molecule has 2 saturated heterocycles. The van der Waals surface area contributed by atoms with E-state index < -0.39 is 78.7 Å². The molecule has 4 atom stereocenters. The number of aromatic nitrogens is 1. The molecular formula is C22H26F3N5O6. The standard InChI is InChI=1S/C22H26F3N5O6/c1-20(2,3)36-19(34)29-9-11(22(23,24)25)7-12(29)17(32)30-10-21(8-13(30)15(26)31)18(33)28-16-14(35-21)5-4-6-27-16/h4-6,11-13H,7-10H2,1-3H3,(H2,26,31)(H,27,28,33)/t11-,12+,13+,21-/m1/s1. The molecule has 36 heavy (non-hydrogen) atoms. The molecular weight excluding hydrogens is 487 g/mol. The lowest BCUT2D eigenvalue weighted by Gasteiger charge is -2.34. The summed E-state index contributed by atoms with van der Waals surface area (Å²) in [7, 11) is 0. The van der Waals surface area contributed by atoms with E-state index >= 15 is 0 Å². The summed E-state index contributed by atoms with van der Waals surface area (Å²) in [4.78, 5) is 57.2. The van der Waals surface area contributed by atoms with Crippen LogP contribution in [0.25, 0.3) is 0 Å². The molecule has 0 bridgehead atoms. The average Bonchev–Trinajstić information content (AvgIpc) is 3.36. The van der Waals surface area contributed by atoms with Crippen LogP contribution in [0, 0.1) is 5.92 Å². The summed E-state index contributed by atoms with van der Waals surface area (Å²) in [5.74, 6) is -4.24. The molecule has 1 aromatic heterocycles. The van der Waals surface area contributed by atoms with Crippen molar-refractivity contribution in [3.63, 3.8) is 0 Å². The number of hydrogen-bond donors (Lipinski definition) is 2. The second-order valence-electron chi connectivity index (χ2n) is 10.1. The van der Waals surface area contributed by atoms with Gasteiger partial charge < -0.3 is 25.4 Å². The Bertz CT molecular complexity index is 1110. The number of carbonyl (C=O) groups is 4. The molecule has 1 aromatic rings. The van der Waals surface area contributed by atoms with Crippen molar-refractivity contribution in [2.24, 2.45) is 11.7 Å². The number of primary amides is 1. The van der Waals surface area contributed by atoms with Gasteiger partial charge >= 0.3 is 12.3 Å². The zero-order chi connectivity index (χ0) is 26.6. The number of amides is 4. The lowest BCUT2D eigenvalue weighted by Crippen LogP contribution is -2.55. The lowest BCUT2D eigenvalue weighted by atomic mass is 9.97. The summed E-state index contributed by atoms with van der Waals surface area (Å²) in [6.07, 6.45) is -5.39. The van der Waals surface area contributed by atoms with E-state index in [-0.39, 0.29) is 18.0 Å². The van der Waals surface area contributed by atoms with Crippen LogP contribution < -0.4 is 15.8 Å². The van der Waals surface area contributed by atoms with Gasteiger partial charge in [-0.05, 0) is 39.3 Å². The second-order valence-corrected chi connectivity index (χ2v) is 10.1. The monoisotopic (exact) mass is 513 g/mol. The number of nitrogens with zero attached hydrogens (tertiary/aromatic N) is 3. The SMILES string of the molecule is CC(C)(C)OC(=O)N1C[C@H](C(F)(F)F)C[C@H]1C(=O)N1C[C@@]2(C[C@H]1C(N)=O)Oc1cccnc1NC2=O. The number of nitrogens with two attached hydrogens (primary N) is 1. The van der Waals surface area contributed by atoms with Crippen molar-refractivity contribution in [2.75, 3.05) is 18.4 Å². The molecule has 0 radical (unpaired) electrons. The number of halogens is 3. The van der Waals surface area contributed by atoms with Gasteiger partial charge in [-0.15, -0.1) is 0 Å². The highest BCUT2D eigenvalue weighted by Crippen LogP contribution is 2.42. The number of carbonyl (C=O) groups excluding carboxylic acids is 4. The summed E-state index contributed by atoms with van der Waals surface area (Å²) >= 11 is 0. The number of nitrogens with one attached hydrogen (secondary N) is 1. The van der Waals surface area contributed by atoms with Gasteiger partial charge in [0.05, 0.1) is 12.5 Å². The van der Waals surface area contributed by atoms with E-state index in [4.69, 9.17) is 15.2 Å². The largest absolute Gasteiger partial charge is 0.472 e. The van der Waals surface area contributed by atoms with Crippen LogP contribution in [0.4, 0.5) is 23.8 Å². The number of hydrogen-bond acceptors (Lipinski definition) is 7. The van der Waals surface area contributed by atoms with Gasteiger partial charge in [0.15, 0.2) is 11.6 Å². The van der Waals surface area contributed by atoms with Gasteiger partial charge in [0.1, 0.15) is 17.7 Å². The fourth-order valence-corrected chi connectivity index (χ4v) is 4.66. The lowest BCUT2D eigenvalue weighted by molar-refractivity contribution is -0.170. The van der Waals surface area contributed by atoms with E-state index in [1.807, 2.05) is 0 Å². The fourth-order valence-electron chi connectivity index (χ4n) is 4.66. The van der Waals surface area contributed by atoms with Gasteiger partial charge in [-0.2, -0.15) is 13.2 Å². The van der Waals surface area contributed by atoms with E-state index in [9.17, 15) is 32.3 Å². The van der Waals surface area contributed by atoms with Gasteiger partial charge in [0.2, 0.25) is 17.4 Å². The Morgan fingerprint density at radius 1 is 1.22 bits per heavy atom. The first-order valence-corrected chi connectivity index (χ1v) is 11.2. The number of pyridine rings is 1. The summed E-state index contributed by atoms with van der Waals surface area (Å²) in [6.45, 7) is 3.37. The molecule has 3 aliphatic heterocycles. The zero-order valence-corrected chi connectivity index (χ0v) is 19.8. The molecule has 2 fully saturated rings. The molecule has 4 heterocycles. The molecule has 1 spiro atoms. The third kappa shape index (κ3) is 4.63. The van der Waals surface area contributed by atoms with Crippen molar-refractivity contribution in [1.82, 2.24) is 14.8 Å². The van der Waals surface area contributed by atoms with E-state index in [0.29, 0.717) is 0 Å². The molecule has 196 valence electrons. The Morgan fingerprint density at radius 2 is 1.92 bits per heavy atom. The van der Waals surface area contributed by atoms with Crippen LogP contribution in [0.1, 0.15) is 33.6 Å². The molecule has 0 aromatic carbocycles. The van der Waals surface area contributed by atoms with Crippen molar-refractivity contribution in [2.45, 2.75) is 63.1 Å². The molecule has 0 unspecified atom stereocenters. The highest BCUT2D eigenvalue weighted by molar-refractivity contribution is 6.02. The van der Waals surface area contributed by atoms with E-state index in [0.717, 1.165) is 9.80 Å². The second kappa shape index (κ2) is 8.52. The quantitative estimate of drug-likeness (QED) is 0.609. The Hall–Kier alpha value is -3.58. The smallest absolute Gasteiger partial charge is 0.410 e. The first-order chi connectivity index (χ1) is 16.6. The maximum absolute atomic E-state index is 13.6. The number of fused-ring (bicyclic) bond motifs is 1. The number of ether oxygens (including phenoxy) is 2. The number of alkyl halides is 3. The molecule has 4 rings (SSSR count). The van der Waals surface area contributed by atoms with Crippen molar-refractivity contribution in [3.8, 4) is 5.75 Å². The van der Waals surface area contributed by atoms with E-state index in [1.165, 1.54) is 33.0 Å². The highest BCUT2D eigenvalue weighted by atomic mass is 19.4. The topological polar surface area (TPSA) is 144 Å². The predicted molar refractivity (Wildman–Crippen MR) is 116 cm³/mol. The zero-order valence-electron chi connectivity index (χ0n) is 19.8. The van der Waals surface area contributed by atoms with E-state index in [1.54, 1.807) is 6.07 Å². The molecule has 4 amide bonds. The van der Waals surface area contributed by atoms with Crippen LogP contribution in [0.15, 0.2) is 18.3 Å². The van der Waals surface area contributed by atoms with Gasteiger partial charge in [0, 0.05) is 19.2 Å². The van der Waals surface area contributed by atoms with Crippen molar-refractivity contribution < 1.29 is 41.8 Å². The van der Waals surface area contributed by atoms with Crippen molar-refractivity contribution in [1.29, 1.82) is 0 Å². The van der Waals surface area contributed by atoms with Gasteiger partial charge in [-0.25, -0.2) is 9.78 Å². The fraction of sp³-hybridized carbons (Fsp3) is 0.591. The molecule has 3 aliphatic rings. The van der Waals surface area contributed by atoms with Gasteiger partial charge in [-0.3, -0.25) is 19.3 Å². The first kappa shape index (κ1) is 25.5. The van der Waals surface area contributed by atoms with Crippen molar-refractivity contribution >= 4 is 29.6 Å². The molecule has 14 heteroatoms. The molecule has 0 saturated carbocycles. The Balaban J connectivity index is 1.64. The number of rotatable bonds is 2. The van der Waals surface area contributed by atoms with Gasteiger partial charge in [0.25, 0.3) is 5.91 Å². The van der Waals surface area contributed by atoms with Gasteiger partial charge in [-0.1, -0.05) is 0 Å². The summed E-state index contributed by atoms with van der Waals surface area (Å²) < 4.78 is 51.8. The summed E-state index contributed by atoms with van der Waals surface area (Å²) in [5, 5.41) is 2.56. The highest BCUT2D eigenvalue weighted by Gasteiger charge is 2.59. The van der Waals surface area contributed by atoms with E-state index in [2.05, 4.69) is 10.3 Å². The summed E-state index contributed by atoms with van der Waals surface area (Å²) in [6, 6.07) is 0.153. The maximum atomic E-state index is 13.6. The molecule has 0 aliphatic carbocycles. The normalized spacial score (nSPS) is 27.9. The minimum Gasteiger partial charge on any atom is -0.472 e. The van der Waals surface area contributed by atoms with Crippen LogP contribution in [0.2, 0.25) is 0 Å². The predicted octanol–water partition coefficient (Wildman–Crippen LogP) is 1.43. The molecule has 11 nitrogen and oxygen atoms in total.